The van der Waals surface area contributed by atoms with Crippen LogP contribution in [0.25, 0.3) is 0 Å². The van der Waals surface area contributed by atoms with Crippen LogP contribution in [0.5, 0.6) is 0 Å². The largest absolute Gasteiger partial charge is 0.376 e. The summed E-state index contributed by atoms with van der Waals surface area (Å²) in [7, 11) is 1.80. The Kier molecular flexibility index (Phi) is 5.50. The monoisotopic (exact) mass is 332 g/mol. The minimum absolute atomic E-state index is 0.109. The van der Waals surface area contributed by atoms with Crippen LogP contribution < -0.4 is 10.6 Å². The summed E-state index contributed by atoms with van der Waals surface area (Å²) < 4.78 is 5.79. The minimum Gasteiger partial charge on any atom is -0.376 e. The van der Waals surface area contributed by atoms with Crippen molar-refractivity contribution in [1.29, 1.82) is 0 Å². The molecule has 2 fully saturated rings. The van der Waals surface area contributed by atoms with Gasteiger partial charge in [0.05, 0.1) is 12.1 Å². The van der Waals surface area contributed by atoms with E-state index in [1.54, 1.807) is 19.5 Å². The predicted molar refractivity (Wildman–Crippen MR) is 95.1 cm³/mol. The number of aromatic nitrogens is 2. The molecule has 7 heteroatoms. The SMILES string of the molecule is COC1(CN=C(N)N2CCN(c3ncccn3)CC2)CCCCC1. The second-order valence-corrected chi connectivity index (χ2v) is 6.65. The molecule has 24 heavy (non-hydrogen) atoms. The molecule has 1 aliphatic carbocycles. The molecule has 0 bridgehead atoms. The fourth-order valence-corrected chi connectivity index (χ4v) is 3.54. The van der Waals surface area contributed by atoms with Gasteiger partial charge in [-0.25, -0.2) is 9.97 Å². The van der Waals surface area contributed by atoms with Crippen LogP contribution in [-0.4, -0.2) is 66.3 Å². The summed E-state index contributed by atoms with van der Waals surface area (Å²) >= 11 is 0. The highest BCUT2D eigenvalue weighted by atomic mass is 16.5. The van der Waals surface area contributed by atoms with E-state index >= 15 is 0 Å². The van der Waals surface area contributed by atoms with Gasteiger partial charge >= 0.3 is 0 Å². The number of ether oxygens (including phenoxy) is 1. The van der Waals surface area contributed by atoms with Crippen molar-refractivity contribution >= 4 is 11.9 Å². The normalized spacial score (nSPS) is 21.8. The van der Waals surface area contributed by atoms with Crippen LogP contribution in [0.3, 0.4) is 0 Å². The zero-order valence-electron chi connectivity index (χ0n) is 14.5. The van der Waals surface area contributed by atoms with E-state index in [9.17, 15) is 0 Å². The average Bonchev–Trinajstić information content (AvgIpc) is 2.68. The molecule has 0 unspecified atom stereocenters. The molecule has 0 amide bonds. The van der Waals surface area contributed by atoms with Gasteiger partial charge in [-0.3, -0.25) is 4.99 Å². The summed E-state index contributed by atoms with van der Waals surface area (Å²) in [5.74, 6) is 1.42. The number of aliphatic imine (C=N–C) groups is 1. The van der Waals surface area contributed by atoms with Crippen molar-refractivity contribution in [2.45, 2.75) is 37.7 Å². The van der Waals surface area contributed by atoms with E-state index in [0.29, 0.717) is 12.5 Å². The molecule has 7 nitrogen and oxygen atoms in total. The van der Waals surface area contributed by atoms with Crippen molar-refractivity contribution in [2.24, 2.45) is 10.7 Å². The van der Waals surface area contributed by atoms with Crippen LogP contribution in [-0.2, 0) is 4.74 Å². The van der Waals surface area contributed by atoms with Crippen molar-refractivity contribution in [3.8, 4) is 0 Å². The van der Waals surface area contributed by atoms with Gasteiger partial charge in [-0.15, -0.1) is 0 Å². The Balaban J connectivity index is 1.53. The number of hydrogen-bond donors (Lipinski definition) is 1. The first-order valence-corrected chi connectivity index (χ1v) is 8.84. The van der Waals surface area contributed by atoms with Crippen molar-refractivity contribution in [3.05, 3.63) is 18.5 Å². The van der Waals surface area contributed by atoms with Crippen molar-refractivity contribution in [1.82, 2.24) is 14.9 Å². The average molecular weight is 332 g/mol. The van der Waals surface area contributed by atoms with Crippen molar-refractivity contribution in [3.63, 3.8) is 0 Å². The molecule has 0 spiro atoms. The number of methoxy groups -OCH3 is 1. The molecule has 2 aliphatic rings. The van der Waals surface area contributed by atoms with Gasteiger partial charge in [-0.05, 0) is 18.9 Å². The first-order chi connectivity index (χ1) is 11.7. The van der Waals surface area contributed by atoms with E-state index in [-0.39, 0.29) is 5.60 Å². The Bertz CT molecular complexity index is 535. The molecule has 1 aromatic heterocycles. The second kappa shape index (κ2) is 7.79. The highest BCUT2D eigenvalue weighted by molar-refractivity contribution is 5.78. The van der Waals surface area contributed by atoms with Gasteiger partial charge in [-0.1, -0.05) is 19.3 Å². The number of nitrogens with zero attached hydrogens (tertiary/aromatic N) is 5. The lowest BCUT2D eigenvalue weighted by molar-refractivity contribution is -0.0310. The molecule has 0 atom stereocenters. The lowest BCUT2D eigenvalue weighted by Crippen LogP contribution is -2.52. The summed E-state index contributed by atoms with van der Waals surface area (Å²) in [5.41, 5.74) is 6.13. The van der Waals surface area contributed by atoms with Gasteiger partial charge in [0.15, 0.2) is 5.96 Å². The van der Waals surface area contributed by atoms with Gasteiger partial charge in [0.2, 0.25) is 5.95 Å². The maximum absolute atomic E-state index is 6.23. The molecule has 1 saturated heterocycles. The van der Waals surface area contributed by atoms with Gasteiger partial charge in [0, 0.05) is 45.7 Å². The summed E-state index contributed by atoms with van der Waals surface area (Å²) in [6, 6.07) is 1.83. The number of hydrogen-bond acceptors (Lipinski definition) is 5. The predicted octanol–water partition coefficient (Wildman–Crippen LogP) is 1.26. The molecule has 0 aromatic carbocycles. The summed E-state index contributed by atoms with van der Waals surface area (Å²) in [6.45, 7) is 4.06. The molecule has 1 saturated carbocycles. The standard InChI is InChI=1S/C17H28N6O/c1-24-17(6-3-2-4-7-17)14-21-15(18)22-10-12-23(13-11-22)16-19-8-5-9-20-16/h5,8-9H,2-4,6-7,10-14H2,1H3,(H2,18,21). The van der Waals surface area contributed by atoms with Crippen molar-refractivity contribution in [2.75, 3.05) is 44.7 Å². The Hall–Kier alpha value is -1.89. The Morgan fingerprint density at radius 1 is 1.17 bits per heavy atom. The lowest BCUT2D eigenvalue weighted by atomic mass is 9.85. The molecule has 2 heterocycles. The highest BCUT2D eigenvalue weighted by Crippen LogP contribution is 2.31. The van der Waals surface area contributed by atoms with E-state index in [1.165, 1.54) is 19.3 Å². The van der Waals surface area contributed by atoms with Gasteiger partial charge in [0.1, 0.15) is 0 Å². The molecule has 132 valence electrons. The van der Waals surface area contributed by atoms with Crippen molar-refractivity contribution < 1.29 is 4.74 Å². The van der Waals surface area contributed by atoms with Crippen LogP contribution in [0.1, 0.15) is 32.1 Å². The number of anilines is 1. The first-order valence-electron chi connectivity index (χ1n) is 8.84. The van der Waals surface area contributed by atoms with E-state index in [2.05, 4.69) is 24.8 Å². The summed E-state index contributed by atoms with van der Waals surface area (Å²) in [4.78, 5) is 17.6. The Labute approximate surface area is 143 Å². The van der Waals surface area contributed by atoms with Crippen LogP contribution in [0.4, 0.5) is 5.95 Å². The number of guanidine groups is 1. The maximum atomic E-state index is 6.23. The third kappa shape index (κ3) is 3.95. The van der Waals surface area contributed by atoms with E-state index in [1.807, 2.05) is 6.07 Å². The van der Waals surface area contributed by atoms with Gasteiger partial charge in [0.25, 0.3) is 0 Å². The smallest absolute Gasteiger partial charge is 0.225 e. The van der Waals surface area contributed by atoms with Gasteiger partial charge in [-0.2, -0.15) is 0 Å². The molecule has 1 aliphatic heterocycles. The minimum atomic E-state index is -0.109. The fraction of sp³-hybridized carbons (Fsp3) is 0.706. The highest BCUT2D eigenvalue weighted by Gasteiger charge is 2.32. The third-order valence-corrected chi connectivity index (χ3v) is 5.17. The summed E-state index contributed by atoms with van der Waals surface area (Å²) in [5, 5.41) is 0. The molecule has 0 radical (unpaired) electrons. The van der Waals surface area contributed by atoms with E-state index in [4.69, 9.17) is 10.5 Å². The topological polar surface area (TPSA) is 79.9 Å². The van der Waals surface area contributed by atoms with Gasteiger partial charge < -0.3 is 20.3 Å². The molecule has 1 aromatic rings. The molecule has 3 rings (SSSR count). The number of rotatable bonds is 4. The Morgan fingerprint density at radius 2 is 1.83 bits per heavy atom. The van der Waals surface area contributed by atoms with Crippen LogP contribution in [0.2, 0.25) is 0 Å². The molecular formula is C17H28N6O. The molecule has 2 N–H and O–H groups in total. The van der Waals surface area contributed by atoms with Crippen LogP contribution >= 0.6 is 0 Å². The quantitative estimate of drug-likeness (QED) is 0.660. The Morgan fingerprint density at radius 3 is 2.46 bits per heavy atom. The zero-order chi connectivity index (χ0) is 16.8. The fourth-order valence-electron chi connectivity index (χ4n) is 3.54. The van der Waals surface area contributed by atoms with E-state index < -0.39 is 0 Å². The summed E-state index contributed by atoms with van der Waals surface area (Å²) in [6.07, 6.45) is 9.46. The lowest BCUT2D eigenvalue weighted by Gasteiger charge is -2.37. The van der Waals surface area contributed by atoms with Crippen LogP contribution in [0.15, 0.2) is 23.5 Å². The third-order valence-electron chi connectivity index (χ3n) is 5.17. The number of nitrogens with two attached hydrogens (primary N) is 1. The maximum Gasteiger partial charge on any atom is 0.225 e. The molecular weight excluding hydrogens is 304 g/mol. The first kappa shape index (κ1) is 17.0. The zero-order valence-corrected chi connectivity index (χ0v) is 14.5. The van der Waals surface area contributed by atoms with E-state index in [0.717, 1.165) is 45.0 Å². The second-order valence-electron chi connectivity index (χ2n) is 6.65. The van der Waals surface area contributed by atoms with Crippen LogP contribution in [0, 0.1) is 0 Å². The number of piperazine rings is 1.